The van der Waals surface area contributed by atoms with Crippen LogP contribution in [0.5, 0.6) is 0 Å². The van der Waals surface area contributed by atoms with Gasteiger partial charge in [-0.15, -0.1) is 0 Å². The van der Waals surface area contributed by atoms with E-state index in [9.17, 15) is 0 Å². The predicted molar refractivity (Wildman–Crippen MR) is 80.1 cm³/mol. The highest BCUT2D eigenvalue weighted by molar-refractivity contribution is 5.51. The standard InChI is InChI=1S/C16H24N4/c1-2-6-15-14(5-1)16(19-11-18-15)20(13-7-8-13)10-12-4-3-9-17-12/h11-13,17H,1-10H2. The average molecular weight is 272 g/mol. The summed E-state index contributed by atoms with van der Waals surface area (Å²) < 4.78 is 0. The molecule has 3 aliphatic rings. The Balaban J connectivity index is 1.62. The minimum Gasteiger partial charge on any atom is -0.352 e. The second kappa shape index (κ2) is 5.32. The Morgan fingerprint density at radius 1 is 1.10 bits per heavy atom. The number of anilines is 1. The Kier molecular flexibility index (Phi) is 3.34. The van der Waals surface area contributed by atoms with Gasteiger partial charge in [0.2, 0.25) is 0 Å². The largest absolute Gasteiger partial charge is 0.352 e. The van der Waals surface area contributed by atoms with E-state index in [4.69, 9.17) is 0 Å². The molecule has 2 aliphatic carbocycles. The molecular weight excluding hydrogens is 248 g/mol. The van der Waals surface area contributed by atoms with Crippen molar-refractivity contribution in [2.45, 2.75) is 63.5 Å². The third-order valence-corrected chi connectivity index (χ3v) is 4.94. The van der Waals surface area contributed by atoms with Crippen molar-refractivity contribution >= 4 is 5.82 Å². The van der Waals surface area contributed by atoms with Gasteiger partial charge in [-0.1, -0.05) is 0 Å². The third kappa shape index (κ3) is 2.41. The van der Waals surface area contributed by atoms with Crippen LogP contribution in [0.1, 0.15) is 49.8 Å². The van der Waals surface area contributed by atoms with Crippen molar-refractivity contribution in [3.05, 3.63) is 17.6 Å². The minimum absolute atomic E-state index is 0.657. The van der Waals surface area contributed by atoms with E-state index in [-0.39, 0.29) is 0 Å². The predicted octanol–water partition coefficient (Wildman–Crippen LogP) is 2.08. The first-order chi connectivity index (χ1) is 9.92. The number of fused-ring (bicyclic) bond motifs is 1. The van der Waals surface area contributed by atoms with Gasteiger partial charge in [0, 0.05) is 29.9 Å². The maximum absolute atomic E-state index is 4.68. The summed E-state index contributed by atoms with van der Waals surface area (Å²) in [5, 5.41) is 3.63. The summed E-state index contributed by atoms with van der Waals surface area (Å²) in [6, 6.07) is 1.39. The van der Waals surface area contributed by atoms with Crippen LogP contribution < -0.4 is 10.2 Å². The SMILES string of the molecule is c1nc2c(c(N(CC3CCCN3)C3CC3)n1)CCCC2. The molecule has 4 heteroatoms. The average Bonchev–Trinajstić information content (AvgIpc) is 3.21. The van der Waals surface area contributed by atoms with Crippen molar-refractivity contribution in [2.24, 2.45) is 0 Å². The molecule has 0 aromatic carbocycles. The lowest BCUT2D eigenvalue weighted by Gasteiger charge is -2.30. The highest BCUT2D eigenvalue weighted by atomic mass is 15.3. The monoisotopic (exact) mass is 272 g/mol. The zero-order valence-corrected chi connectivity index (χ0v) is 12.1. The number of nitrogens with one attached hydrogen (secondary N) is 1. The molecule has 1 saturated heterocycles. The van der Waals surface area contributed by atoms with Crippen LogP contribution in [0.15, 0.2) is 6.33 Å². The molecule has 2 heterocycles. The highest BCUT2D eigenvalue weighted by Gasteiger charge is 2.34. The van der Waals surface area contributed by atoms with E-state index in [1.54, 1.807) is 6.33 Å². The Bertz CT molecular complexity index is 477. The zero-order chi connectivity index (χ0) is 13.4. The van der Waals surface area contributed by atoms with Gasteiger partial charge in [0.15, 0.2) is 0 Å². The second-order valence-corrected chi connectivity index (χ2v) is 6.51. The molecule has 1 aromatic rings. The topological polar surface area (TPSA) is 41.1 Å². The van der Waals surface area contributed by atoms with Crippen LogP contribution in [0, 0.1) is 0 Å². The van der Waals surface area contributed by atoms with Crippen molar-refractivity contribution < 1.29 is 0 Å². The van der Waals surface area contributed by atoms with E-state index in [0.29, 0.717) is 6.04 Å². The number of hydrogen-bond donors (Lipinski definition) is 1. The van der Waals surface area contributed by atoms with Gasteiger partial charge in [-0.05, 0) is 57.9 Å². The molecule has 1 aromatic heterocycles. The zero-order valence-electron chi connectivity index (χ0n) is 12.1. The summed E-state index contributed by atoms with van der Waals surface area (Å²) in [5.74, 6) is 1.26. The van der Waals surface area contributed by atoms with Gasteiger partial charge in [0.05, 0.1) is 0 Å². The lowest BCUT2D eigenvalue weighted by molar-refractivity contribution is 0.569. The fourth-order valence-electron chi connectivity index (χ4n) is 3.70. The molecule has 4 nitrogen and oxygen atoms in total. The minimum atomic E-state index is 0.657. The first-order valence-corrected chi connectivity index (χ1v) is 8.24. The lowest BCUT2D eigenvalue weighted by atomic mass is 9.96. The molecule has 1 N–H and O–H groups in total. The van der Waals surface area contributed by atoms with Gasteiger partial charge in [-0.25, -0.2) is 9.97 Å². The first kappa shape index (κ1) is 12.6. The van der Waals surface area contributed by atoms with Gasteiger partial charge in [-0.3, -0.25) is 0 Å². The van der Waals surface area contributed by atoms with Gasteiger partial charge in [-0.2, -0.15) is 0 Å². The van der Waals surface area contributed by atoms with E-state index in [0.717, 1.165) is 19.0 Å². The number of nitrogens with zero attached hydrogens (tertiary/aromatic N) is 3. The van der Waals surface area contributed by atoms with E-state index in [1.807, 2.05) is 0 Å². The van der Waals surface area contributed by atoms with Gasteiger partial charge >= 0.3 is 0 Å². The van der Waals surface area contributed by atoms with Gasteiger partial charge in [0.1, 0.15) is 12.1 Å². The van der Waals surface area contributed by atoms with Crippen LogP contribution in [0.25, 0.3) is 0 Å². The fraction of sp³-hybridized carbons (Fsp3) is 0.750. The van der Waals surface area contributed by atoms with Crippen LogP contribution in [0.3, 0.4) is 0 Å². The number of hydrogen-bond acceptors (Lipinski definition) is 4. The molecule has 0 radical (unpaired) electrons. The lowest BCUT2D eigenvalue weighted by Crippen LogP contribution is -2.40. The first-order valence-electron chi connectivity index (χ1n) is 8.24. The summed E-state index contributed by atoms with van der Waals surface area (Å²) >= 11 is 0. The summed E-state index contributed by atoms with van der Waals surface area (Å²) in [5.41, 5.74) is 2.76. The number of aryl methyl sites for hydroxylation is 1. The summed E-state index contributed by atoms with van der Waals surface area (Å²) in [4.78, 5) is 11.8. The van der Waals surface area contributed by atoms with Crippen LogP contribution in [0.4, 0.5) is 5.82 Å². The Labute approximate surface area is 121 Å². The van der Waals surface area contributed by atoms with Crippen LogP contribution in [-0.4, -0.2) is 35.1 Å². The summed E-state index contributed by atoms with van der Waals surface area (Å²) in [6.07, 6.45) is 12.0. The van der Waals surface area contributed by atoms with Crippen molar-refractivity contribution in [1.82, 2.24) is 15.3 Å². The Morgan fingerprint density at radius 3 is 2.80 bits per heavy atom. The maximum atomic E-state index is 4.68. The number of aromatic nitrogens is 2. The molecule has 4 rings (SSSR count). The number of rotatable bonds is 4. The normalized spacial score (nSPS) is 25.5. The van der Waals surface area contributed by atoms with Crippen molar-refractivity contribution in [2.75, 3.05) is 18.0 Å². The van der Waals surface area contributed by atoms with Crippen molar-refractivity contribution in [3.8, 4) is 0 Å². The molecule has 20 heavy (non-hydrogen) atoms. The van der Waals surface area contributed by atoms with Crippen molar-refractivity contribution in [3.63, 3.8) is 0 Å². The fourth-order valence-corrected chi connectivity index (χ4v) is 3.70. The van der Waals surface area contributed by atoms with E-state index < -0.39 is 0 Å². The smallest absolute Gasteiger partial charge is 0.135 e. The molecule has 0 amide bonds. The molecule has 1 atom stereocenters. The Morgan fingerprint density at radius 2 is 2.00 bits per heavy atom. The molecule has 0 spiro atoms. The van der Waals surface area contributed by atoms with Crippen molar-refractivity contribution in [1.29, 1.82) is 0 Å². The molecule has 1 unspecified atom stereocenters. The molecule has 1 aliphatic heterocycles. The maximum Gasteiger partial charge on any atom is 0.135 e. The second-order valence-electron chi connectivity index (χ2n) is 6.51. The van der Waals surface area contributed by atoms with E-state index in [2.05, 4.69) is 20.2 Å². The quantitative estimate of drug-likeness (QED) is 0.911. The molecule has 108 valence electrons. The van der Waals surface area contributed by atoms with E-state index >= 15 is 0 Å². The Hall–Kier alpha value is -1.16. The van der Waals surface area contributed by atoms with Gasteiger partial charge < -0.3 is 10.2 Å². The van der Waals surface area contributed by atoms with E-state index in [1.165, 1.54) is 68.6 Å². The van der Waals surface area contributed by atoms with Crippen LogP contribution in [0.2, 0.25) is 0 Å². The molecule has 0 bridgehead atoms. The third-order valence-electron chi connectivity index (χ3n) is 4.94. The molecule has 2 fully saturated rings. The summed E-state index contributed by atoms with van der Waals surface area (Å²) in [6.45, 7) is 2.32. The highest BCUT2D eigenvalue weighted by Crippen LogP contribution is 2.35. The molecule has 1 saturated carbocycles. The van der Waals surface area contributed by atoms with Crippen LogP contribution >= 0.6 is 0 Å². The summed E-state index contributed by atoms with van der Waals surface area (Å²) in [7, 11) is 0. The van der Waals surface area contributed by atoms with Crippen LogP contribution in [-0.2, 0) is 12.8 Å². The molecular formula is C16H24N4. The van der Waals surface area contributed by atoms with Gasteiger partial charge in [0.25, 0.3) is 0 Å².